The van der Waals surface area contributed by atoms with E-state index in [0.717, 1.165) is 6.42 Å². The molecule has 0 aromatic carbocycles. The predicted octanol–water partition coefficient (Wildman–Crippen LogP) is -0.308. The minimum atomic E-state index is -0.520. The van der Waals surface area contributed by atoms with Crippen molar-refractivity contribution in [3.8, 4) is 0 Å². The average Bonchev–Trinajstić information content (AvgIpc) is 2.82. The van der Waals surface area contributed by atoms with Crippen LogP contribution in [0.3, 0.4) is 0 Å². The van der Waals surface area contributed by atoms with Crippen LogP contribution in [0.1, 0.15) is 16.9 Å². The van der Waals surface area contributed by atoms with Crippen molar-refractivity contribution in [1.29, 1.82) is 0 Å². The lowest BCUT2D eigenvalue weighted by Crippen LogP contribution is -2.17. The van der Waals surface area contributed by atoms with Gasteiger partial charge in [-0.3, -0.25) is 4.79 Å². The van der Waals surface area contributed by atoms with Crippen LogP contribution >= 0.6 is 0 Å². The first-order valence-electron chi connectivity index (χ1n) is 4.46. The Morgan fingerprint density at radius 2 is 2.29 bits per heavy atom. The van der Waals surface area contributed by atoms with Gasteiger partial charge in [0.25, 0.3) is 5.91 Å². The molecule has 1 aromatic heterocycles. The van der Waals surface area contributed by atoms with Crippen LogP contribution in [-0.2, 0) is 0 Å². The van der Waals surface area contributed by atoms with E-state index in [1.165, 1.54) is 0 Å². The van der Waals surface area contributed by atoms with Gasteiger partial charge in [-0.15, -0.1) is 0 Å². The maximum absolute atomic E-state index is 10.8. The monoisotopic (exact) mass is 192 g/mol. The number of carbonyl (C=O) groups excluding carboxylic acids is 1. The quantitative estimate of drug-likeness (QED) is 0.612. The second-order valence-electron chi connectivity index (χ2n) is 3.42. The zero-order chi connectivity index (χ0) is 10.1. The lowest BCUT2D eigenvalue weighted by molar-refractivity contribution is 0.0995. The van der Waals surface area contributed by atoms with Gasteiger partial charge in [0.2, 0.25) is 0 Å². The van der Waals surface area contributed by atoms with Crippen molar-refractivity contribution in [2.45, 2.75) is 18.5 Å². The topological polar surface area (TPSA) is 94.0 Å². The van der Waals surface area contributed by atoms with E-state index in [4.69, 9.17) is 11.5 Å². The van der Waals surface area contributed by atoms with Crippen LogP contribution < -0.4 is 16.8 Å². The van der Waals surface area contributed by atoms with E-state index < -0.39 is 5.91 Å². The Balaban J connectivity index is 2.10. The summed E-state index contributed by atoms with van der Waals surface area (Å²) in [6, 6.07) is 5.60. The summed E-state index contributed by atoms with van der Waals surface area (Å²) in [5.74, 6) is 0.132. The number of nitrogens with two attached hydrogens (primary N) is 2. The fraction of sp³-hybridized carbons (Fsp3) is 0.333. The first kappa shape index (κ1) is 8.96. The molecule has 1 heterocycles. The van der Waals surface area contributed by atoms with E-state index in [0.29, 0.717) is 5.82 Å². The van der Waals surface area contributed by atoms with Gasteiger partial charge in [0, 0.05) is 12.1 Å². The SMILES string of the molecule is NC(=O)c1cccc(NC2CC2N)n1. The van der Waals surface area contributed by atoms with E-state index in [-0.39, 0.29) is 17.8 Å². The minimum Gasteiger partial charge on any atom is -0.366 e. The molecule has 0 radical (unpaired) electrons. The Morgan fingerprint density at radius 1 is 1.57 bits per heavy atom. The molecule has 1 aromatic rings. The molecular weight excluding hydrogens is 180 g/mol. The first-order chi connectivity index (χ1) is 6.66. The van der Waals surface area contributed by atoms with Gasteiger partial charge in [-0.05, 0) is 18.6 Å². The normalized spacial score (nSPS) is 24.4. The second-order valence-corrected chi connectivity index (χ2v) is 3.42. The van der Waals surface area contributed by atoms with Gasteiger partial charge in [-0.2, -0.15) is 0 Å². The van der Waals surface area contributed by atoms with Crippen LogP contribution in [0.25, 0.3) is 0 Å². The Morgan fingerprint density at radius 3 is 2.86 bits per heavy atom. The van der Waals surface area contributed by atoms with Crippen LogP contribution in [0.15, 0.2) is 18.2 Å². The van der Waals surface area contributed by atoms with E-state index in [1.807, 2.05) is 0 Å². The predicted molar refractivity (Wildman–Crippen MR) is 52.8 cm³/mol. The molecule has 1 saturated carbocycles. The molecule has 74 valence electrons. The van der Waals surface area contributed by atoms with E-state index in [9.17, 15) is 4.79 Å². The van der Waals surface area contributed by atoms with Crippen molar-refractivity contribution in [2.75, 3.05) is 5.32 Å². The maximum atomic E-state index is 10.8. The summed E-state index contributed by atoms with van der Waals surface area (Å²) in [7, 11) is 0. The lowest BCUT2D eigenvalue weighted by atomic mass is 10.3. The standard InChI is InChI=1S/C9H12N4O/c10-5-4-7(5)13-8-3-1-2-6(12-8)9(11)14/h1-3,5,7H,4,10H2,(H2,11,14)(H,12,13). The number of nitrogens with zero attached hydrogens (tertiary/aromatic N) is 1. The van der Waals surface area contributed by atoms with E-state index >= 15 is 0 Å². The molecule has 0 spiro atoms. The molecule has 1 fully saturated rings. The highest BCUT2D eigenvalue weighted by molar-refractivity contribution is 5.91. The number of hydrogen-bond acceptors (Lipinski definition) is 4. The number of primary amides is 1. The van der Waals surface area contributed by atoms with Crippen LogP contribution in [0.5, 0.6) is 0 Å². The number of rotatable bonds is 3. The van der Waals surface area contributed by atoms with Crippen molar-refractivity contribution in [3.05, 3.63) is 23.9 Å². The van der Waals surface area contributed by atoms with Crippen molar-refractivity contribution in [3.63, 3.8) is 0 Å². The molecule has 1 amide bonds. The molecule has 14 heavy (non-hydrogen) atoms. The highest BCUT2D eigenvalue weighted by Crippen LogP contribution is 2.22. The van der Waals surface area contributed by atoms with Crippen molar-refractivity contribution >= 4 is 11.7 Å². The molecule has 0 aliphatic heterocycles. The summed E-state index contributed by atoms with van der Waals surface area (Å²) < 4.78 is 0. The molecule has 5 nitrogen and oxygen atoms in total. The van der Waals surface area contributed by atoms with Gasteiger partial charge in [0.05, 0.1) is 0 Å². The van der Waals surface area contributed by atoms with Crippen LogP contribution in [0.2, 0.25) is 0 Å². The molecular formula is C9H12N4O. The van der Waals surface area contributed by atoms with Gasteiger partial charge in [0.1, 0.15) is 11.5 Å². The largest absolute Gasteiger partial charge is 0.366 e. The Hall–Kier alpha value is -1.62. The maximum Gasteiger partial charge on any atom is 0.267 e. The Labute approximate surface area is 81.5 Å². The smallest absolute Gasteiger partial charge is 0.267 e. The molecule has 2 rings (SSSR count). The summed E-state index contributed by atoms with van der Waals surface area (Å²) >= 11 is 0. The molecule has 0 bridgehead atoms. The summed E-state index contributed by atoms with van der Waals surface area (Å²) in [4.78, 5) is 14.9. The fourth-order valence-corrected chi connectivity index (χ4v) is 1.22. The van der Waals surface area contributed by atoms with E-state index in [1.54, 1.807) is 18.2 Å². The lowest BCUT2D eigenvalue weighted by Gasteiger charge is -2.04. The van der Waals surface area contributed by atoms with Crippen molar-refractivity contribution < 1.29 is 4.79 Å². The number of hydrogen-bond donors (Lipinski definition) is 3. The third-order valence-electron chi connectivity index (χ3n) is 2.17. The zero-order valence-electron chi connectivity index (χ0n) is 7.60. The van der Waals surface area contributed by atoms with E-state index in [2.05, 4.69) is 10.3 Å². The highest BCUT2D eigenvalue weighted by atomic mass is 16.1. The molecule has 1 aliphatic carbocycles. The van der Waals surface area contributed by atoms with Gasteiger partial charge < -0.3 is 16.8 Å². The molecule has 2 unspecified atom stereocenters. The second kappa shape index (κ2) is 3.26. The number of nitrogens with one attached hydrogen (secondary N) is 1. The number of anilines is 1. The van der Waals surface area contributed by atoms with Crippen LogP contribution in [0, 0.1) is 0 Å². The number of amides is 1. The number of aromatic nitrogens is 1. The van der Waals surface area contributed by atoms with Gasteiger partial charge in [-0.1, -0.05) is 6.07 Å². The summed E-state index contributed by atoms with van der Waals surface area (Å²) in [6.07, 6.45) is 0.947. The molecule has 5 N–H and O–H groups in total. The summed E-state index contributed by atoms with van der Waals surface area (Å²) in [5.41, 5.74) is 11.0. The van der Waals surface area contributed by atoms with Gasteiger partial charge in [0.15, 0.2) is 0 Å². The molecule has 1 aliphatic rings. The Bertz CT molecular complexity index is 366. The van der Waals surface area contributed by atoms with Crippen molar-refractivity contribution in [2.24, 2.45) is 11.5 Å². The zero-order valence-corrected chi connectivity index (χ0v) is 7.60. The number of pyridine rings is 1. The Kier molecular flexibility index (Phi) is 2.09. The first-order valence-corrected chi connectivity index (χ1v) is 4.46. The van der Waals surface area contributed by atoms with Gasteiger partial charge in [-0.25, -0.2) is 4.98 Å². The molecule has 5 heteroatoms. The minimum absolute atomic E-state index is 0.203. The van der Waals surface area contributed by atoms with Gasteiger partial charge >= 0.3 is 0 Å². The van der Waals surface area contributed by atoms with Crippen LogP contribution in [0.4, 0.5) is 5.82 Å². The number of carbonyl (C=O) groups is 1. The summed E-state index contributed by atoms with van der Waals surface area (Å²) in [5, 5.41) is 3.12. The average molecular weight is 192 g/mol. The highest BCUT2D eigenvalue weighted by Gasteiger charge is 2.33. The molecule has 0 saturated heterocycles. The third kappa shape index (κ3) is 1.82. The van der Waals surface area contributed by atoms with Crippen LogP contribution in [-0.4, -0.2) is 23.0 Å². The summed E-state index contributed by atoms with van der Waals surface area (Å²) in [6.45, 7) is 0. The molecule has 2 atom stereocenters. The fourth-order valence-electron chi connectivity index (χ4n) is 1.22. The third-order valence-corrected chi connectivity index (χ3v) is 2.17. The van der Waals surface area contributed by atoms with Crippen molar-refractivity contribution in [1.82, 2.24) is 4.98 Å².